The van der Waals surface area contributed by atoms with E-state index in [-0.39, 0.29) is 18.3 Å². The van der Waals surface area contributed by atoms with E-state index in [1.54, 1.807) is 11.0 Å². The van der Waals surface area contributed by atoms with E-state index in [1.165, 1.54) is 0 Å². The molecule has 0 amide bonds. The van der Waals surface area contributed by atoms with Gasteiger partial charge >= 0.3 is 7.12 Å². The van der Waals surface area contributed by atoms with Crippen LogP contribution in [-0.2, 0) is 9.31 Å². The average Bonchev–Trinajstić information content (AvgIpc) is 2.41. The summed E-state index contributed by atoms with van der Waals surface area (Å²) in [7, 11) is 1.45. The van der Waals surface area contributed by atoms with Crippen LogP contribution in [0.2, 0.25) is 0 Å². The van der Waals surface area contributed by atoms with Gasteiger partial charge in [-0.2, -0.15) is 0 Å². The first-order valence-electron chi connectivity index (χ1n) is 5.88. The molecule has 0 bridgehead atoms. The highest BCUT2D eigenvalue weighted by Gasteiger charge is 2.52. The Bertz CT molecular complexity index is 360. The van der Waals surface area contributed by atoms with Gasteiger partial charge in [0.05, 0.1) is 11.2 Å². The molecule has 2 aliphatic heterocycles. The van der Waals surface area contributed by atoms with E-state index in [9.17, 15) is 5.11 Å². The first kappa shape index (κ1) is 12.7. The molecule has 2 rings (SSSR count). The molecule has 1 unspecified atom stereocenters. The van der Waals surface area contributed by atoms with Crippen molar-refractivity contribution in [2.45, 2.75) is 45.1 Å². The molecule has 2 heterocycles. The molecule has 1 fully saturated rings. The van der Waals surface area contributed by atoms with Crippen LogP contribution in [0.1, 0.15) is 27.7 Å². The van der Waals surface area contributed by atoms with Gasteiger partial charge in [0.25, 0.3) is 0 Å². The van der Waals surface area contributed by atoms with Crippen molar-refractivity contribution in [1.82, 2.24) is 4.90 Å². The summed E-state index contributed by atoms with van der Waals surface area (Å²) in [5.41, 5.74) is 0.263. The number of hydrogen-bond donors (Lipinski definition) is 1. The molecule has 0 spiro atoms. The summed E-state index contributed by atoms with van der Waals surface area (Å²) in [6, 6.07) is 0. The molecule has 0 saturated carbocycles. The van der Waals surface area contributed by atoms with Gasteiger partial charge in [0.1, 0.15) is 6.23 Å². The van der Waals surface area contributed by atoms with Gasteiger partial charge in [-0.3, -0.25) is 0 Å². The number of aliphatic hydroxyl groups excluding tert-OH is 1. The molecule has 1 saturated heterocycles. The quantitative estimate of drug-likeness (QED) is 0.698. The van der Waals surface area contributed by atoms with E-state index >= 15 is 0 Å². The van der Waals surface area contributed by atoms with Crippen LogP contribution in [0.15, 0.2) is 23.8 Å². The van der Waals surface area contributed by atoms with Crippen LogP contribution in [0, 0.1) is 0 Å². The minimum atomic E-state index is -0.568. The normalized spacial score (nSPS) is 30.7. The van der Waals surface area contributed by atoms with Crippen LogP contribution in [0.4, 0.5) is 0 Å². The minimum absolute atomic E-state index is 0.332. The SMILES string of the molecule is CN1C=C(B2OC(C)(C)C(C)(C)O2)C=CC1O. The molecular weight excluding hydrogens is 217 g/mol. The fourth-order valence-electron chi connectivity index (χ4n) is 1.81. The van der Waals surface area contributed by atoms with Gasteiger partial charge in [0, 0.05) is 13.2 Å². The molecule has 1 N–H and O–H groups in total. The molecule has 0 radical (unpaired) electrons. The lowest BCUT2D eigenvalue weighted by Gasteiger charge is -2.32. The predicted octanol–water partition coefficient (Wildman–Crippen LogP) is 1.32. The Morgan fingerprint density at radius 1 is 1.24 bits per heavy atom. The van der Waals surface area contributed by atoms with Crippen LogP contribution in [-0.4, -0.2) is 41.6 Å². The van der Waals surface area contributed by atoms with Crippen molar-refractivity contribution in [1.29, 1.82) is 0 Å². The van der Waals surface area contributed by atoms with E-state index in [2.05, 4.69) is 0 Å². The lowest BCUT2D eigenvalue weighted by atomic mass is 9.77. The third-order valence-electron chi connectivity index (χ3n) is 3.76. The molecule has 94 valence electrons. The Hall–Kier alpha value is -0.775. The summed E-state index contributed by atoms with van der Waals surface area (Å²) < 4.78 is 11.9. The number of likely N-dealkylation sites (N-methyl/N-ethyl adjacent to an activating group) is 1. The van der Waals surface area contributed by atoms with Crippen molar-refractivity contribution in [3.8, 4) is 0 Å². The maximum atomic E-state index is 9.56. The molecule has 1 atom stereocenters. The molecule has 4 nitrogen and oxygen atoms in total. The van der Waals surface area contributed by atoms with Crippen molar-refractivity contribution in [2.75, 3.05) is 7.05 Å². The Labute approximate surface area is 103 Å². The standard InChI is InChI=1S/C12H20BNO3/c1-11(2)12(3,4)17-13(16-11)9-6-7-10(15)14(5)8-9/h6-8,10,15H,1-5H3. The maximum absolute atomic E-state index is 9.56. The van der Waals surface area contributed by atoms with Crippen LogP contribution in [0.5, 0.6) is 0 Å². The summed E-state index contributed by atoms with van der Waals surface area (Å²) in [5.74, 6) is 0. The highest BCUT2D eigenvalue weighted by molar-refractivity contribution is 6.55. The third-order valence-corrected chi connectivity index (χ3v) is 3.76. The van der Waals surface area contributed by atoms with Crippen molar-refractivity contribution >= 4 is 7.12 Å². The zero-order chi connectivity index (χ0) is 12.8. The molecular formula is C12H20BNO3. The number of nitrogens with zero attached hydrogens (tertiary/aromatic N) is 1. The molecule has 2 aliphatic rings. The fourth-order valence-corrected chi connectivity index (χ4v) is 1.81. The Morgan fingerprint density at radius 3 is 2.24 bits per heavy atom. The van der Waals surface area contributed by atoms with Gasteiger partial charge in [-0.25, -0.2) is 0 Å². The third kappa shape index (κ3) is 2.15. The first-order valence-corrected chi connectivity index (χ1v) is 5.88. The van der Waals surface area contributed by atoms with Gasteiger partial charge in [-0.15, -0.1) is 0 Å². The number of rotatable bonds is 1. The molecule has 0 aromatic rings. The second-order valence-corrected chi connectivity index (χ2v) is 5.66. The van der Waals surface area contributed by atoms with Gasteiger partial charge in [0.15, 0.2) is 0 Å². The number of allylic oxidation sites excluding steroid dienone is 2. The Balaban J connectivity index is 2.17. The highest BCUT2D eigenvalue weighted by atomic mass is 16.7. The number of aliphatic hydroxyl groups is 1. The zero-order valence-electron chi connectivity index (χ0n) is 11.1. The lowest BCUT2D eigenvalue weighted by Crippen LogP contribution is -2.41. The second kappa shape index (κ2) is 3.87. The van der Waals surface area contributed by atoms with E-state index < -0.39 is 6.23 Å². The van der Waals surface area contributed by atoms with Crippen LogP contribution in [0.25, 0.3) is 0 Å². The maximum Gasteiger partial charge on any atom is 0.496 e. The van der Waals surface area contributed by atoms with Gasteiger partial charge < -0.3 is 19.3 Å². The largest absolute Gasteiger partial charge is 0.496 e. The van der Waals surface area contributed by atoms with Crippen molar-refractivity contribution in [3.63, 3.8) is 0 Å². The summed E-state index contributed by atoms with van der Waals surface area (Å²) in [4.78, 5) is 1.72. The van der Waals surface area contributed by atoms with Crippen molar-refractivity contribution in [3.05, 3.63) is 23.8 Å². The average molecular weight is 237 g/mol. The summed E-state index contributed by atoms with van der Waals surface area (Å²) >= 11 is 0. The minimum Gasteiger partial charge on any atom is -0.399 e. The molecule has 5 heteroatoms. The lowest BCUT2D eigenvalue weighted by molar-refractivity contribution is 0.00578. The summed E-state index contributed by atoms with van der Waals surface area (Å²) in [6.45, 7) is 8.11. The van der Waals surface area contributed by atoms with E-state index in [0.717, 1.165) is 5.47 Å². The van der Waals surface area contributed by atoms with Gasteiger partial charge in [-0.1, -0.05) is 6.08 Å². The van der Waals surface area contributed by atoms with Crippen LogP contribution in [0.3, 0.4) is 0 Å². The van der Waals surface area contributed by atoms with Crippen molar-refractivity contribution < 1.29 is 14.4 Å². The van der Waals surface area contributed by atoms with Crippen LogP contribution >= 0.6 is 0 Å². The number of hydrogen-bond acceptors (Lipinski definition) is 4. The topological polar surface area (TPSA) is 41.9 Å². The van der Waals surface area contributed by atoms with E-state index in [0.29, 0.717) is 0 Å². The van der Waals surface area contributed by atoms with Crippen LogP contribution < -0.4 is 0 Å². The molecule has 0 aromatic heterocycles. The van der Waals surface area contributed by atoms with E-state index in [4.69, 9.17) is 9.31 Å². The Morgan fingerprint density at radius 2 is 1.76 bits per heavy atom. The van der Waals surface area contributed by atoms with Gasteiger partial charge in [-0.05, 0) is 39.2 Å². The fraction of sp³-hybridized carbons (Fsp3) is 0.667. The molecule has 0 aromatic carbocycles. The van der Waals surface area contributed by atoms with Crippen molar-refractivity contribution in [2.24, 2.45) is 0 Å². The highest BCUT2D eigenvalue weighted by Crippen LogP contribution is 2.39. The zero-order valence-corrected chi connectivity index (χ0v) is 11.1. The molecule has 17 heavy (non-hydrogen) atoms. The summed E-state index contributed by atoms with van der Waals surface area (Å²) in [6.07, 6.45) is 4.86. The summed E-state index contributed by atoms with van der Waals surface area (Å²) in [5, 5.41) is 9.56. The smallest absolute Gasteiger partial charge is 0.399 e. The van der Waals surface area contributed by atoms with E-state index in [1.807, 2.05) is 47.0 Å². The Kier molecular flexibility index (Phi) is 2.88. The predicted molar refractivity (Wildman–Crippen MR) is 67.1 cm³/mol. The molecule has 0 aliphatic carbocycles. The second-order valence-electron chi connectivity index (χ2n) is 5.66. The van der Waals surface area contributed by atoms with Gasteiger partial charge in [0.2, 0.25) is 0 Å². The first-order chi connectivity index (χ1) is 7.73. The monoisotopic (exact) mass is 237 g/mol.